The van der Waals surface area contributed by atoms with Crippen LogP contribution >= 0.6 is 0 Å². The van der Waals surface area contributed by atoms with Gasteiger partial charge in [0, 0.05) is 25.7 Å². The van der Waals surface area contributed by atoms with Crippen molar-refractivity contribution in [3.63, 3.8) is 0 Å². The maximum Gasteiger partial charge on any atom is 0.305 e. The molecule has 106 valence electrons. The predicted molar refractivity (Wildman–Crippen MR) is 69.4 cm³/mol. The molecule has 0 aliphatic heterocycles. The molecule has 18 heavy (non-hydrogen) atoms. The predicted octanol–water partition coefficient (Wildman–Crippen LogP) is 1.81. The molecule has 5 nitrogen and oxygen atoms in total. The molecule has 0 saturated heterocycles. The first-order valence-corrected chi connectivity index (χ1v) is 6.33. The topological polar surface area (TPSA) is 75.6 Å². The van der Waals surface area contributed by atoms with Gasteiger partial charge in [-0.25, -0.2) is 0 Å². The van der Waals surface area contributed by atoms with Crippen LogP contribution in [0.25, 0.3) is 0 Å². The highest BCUT2D eigenvalue weighted by molar-refractivity contribution is 5.78. The van der Waals surface area contributed by atoms with Crippen LogP contribution < -0.4 is 5.32 Å². The van der Waals surface area contributed by atoms with Crippen molar-refractivity contribution in [1.29, 1.82) is 0 Å². The zero-order valence-electron chi connectivity index (χ0n) is 11.8. The van der Waals surface area contributed by atoms with Gasteiger partial charge in [-0.3, -0.25) is 9.59 Å². The highest BCUT2D eigenvalue weighted by atomic mass is 16.5. The zero-order valence-corrected chi connectivity index (χ0v) is 11.8. The van der Waals surface area contributed by atoms with E-state index < -0.39 is 11.5 Å². The Labute approximate surface area is 109 Å². The van der Waals surface area contributed by atoms with Crippen molar-refractivity contribution >= 4 is 11.9 Å². The van der Waals surface area contributed by atoms with Gasteiger partial charge in [-0.2, -0.15) is 0 Å². The Hall–Kier alpha value is -1.10. The van der Waals surface area contributed by atoms with E-state index in [-0.39, 0.29) is 18.2 Å². The maximum absolute atomic E-state index is 11.8. The van der Waals surface area contributed by atoms with E-state index in [1.165, 1.54) is 0 Å². The standard InChI is InChI=1S/C13H25NO4/c1-10(2)13(3,9-12(16)17)14-11(15)7-5-6-8-18-4/h10H,5-9H2,1-4H3,(H,14,15)(H,16,17). The fourth-order valence-corrected chi connectivity index (χ4v) is 1.62. The molecule has 0 aliphatic carbocycles. The lowest BCUT2D eigenvalue weighted by Gasteiger charge is -2.33. The number of ether oxygens (including phenoxy) is 1. The van der Waals surface area contributed by atoms with Crippen LogP contribution in [0.4, 0.5) is 0 Å². The number of hydrogen-bond donors (Lipinski definition) is 2. The molecule has 0 heterocycles. The lowest BCUT2D eigenvalue weighted by Crippen LogP contribution is -2.51. The largest absolute Gasteiger partial charge is 0.481 e. The Morgan fingerprint density at radius 1 is 1.33 bits per heavy atom. The molecule has 0 aliphatic rings. The third-order valence-corrected chi connectivity index (χ3v) is 3.22. The van der Waals surface area contributed by atoms with E-state index in [0.717, 1.165) is 12.8 Å². The summed E-state index contributed by atoms with van der Waals surface area (Å²) in [6.07, 6.45) is 1.93. The van der Waals surface area contributed by atoms with Crippen LogP contribution in [0.2, 0.25) is 0 Å². The number of carbonyl (C=O) groups is 2. The smallest absolute Gasteiger partial charge is 0.305 e. The van der Waals surface area contributed by atoms with Gasteiger partial charge in [0.15, 0.2) is 0 Å². The lowest BCUT2D eigenvalue weighted by molar-refractivity contribution is -0.139. The van der Waals surface area contributed by atoms with Gasteiger partial charge in [0.05, 0.1) is 6.42 Å². The van der Waals surface area contributed by atoms with Crippen molar-refractivity contribution in [3.05, 3.63) is 0 Å². The number of unbranched alkanes of at least 4 members (excludes halogenated alkanes) is 1. The van der Waals surface area contributed by atoms with Crippen molar-refractivity contribution in [2.24, 2.45) is 5.92 Å². The molecule has 0 aromatic heterocycles. The molecule has 1 atom stereocenters. The van der Waals surface area contributed by atoms with E-state index in [0.29, 0.717) is 13.0 Å². The molecule has 0 radical (unpaired) electrons. The molecule has 1 unspecified atom stereocenters. The number of carbonyl (C=O) groups excluding carboxylic acids is 1. The molecule has 0 spiro atoms. The van der Waals surface area contributed by atoms with Crippen molar-refractivity contribution in [2.45, 2.75) is 52.0 Å². The number of hydrogen-bond acceptors (Lipinski definition) is 3. The van der Waals surface area contributed by atoms with Gasteiger partial charge in [-0.15, -0.1) is 0 Å². The fourth-order valence-electron chi connectivity index (χ4n) is 1.62. The normalized spacial score (nSPS) is 14.3. The molecule has 1 amide bonds. The number of carboxylic acids is 1. The molecule has 0 rings (SSSR count). The van der Waals surface area contributed by atoms with Crippen LogP contribution in [0, 0.1) is 5.92 Å². The number of methoxy groups -OCH3 is 1. The summed E-state index contributed by atoms with van der Waals surface area (Å²) in [6.45, 7) is 6.24. The first-order chi connectivity index (χ1) is 8.31. The monoisotopic (exact) mass is 259 g/mol. The van der Waals surface area contributed by atoms with Crippen molar-refractivity contribution in [1.82, 2.24) is 5.32 Å². The van der Waals surface area contributed by atoms with E-state index in [1.54, 1.807) is 14.0 Å². The van der Waals surface area contributed by atoms with Crippen LogP contribution in [-0.4, -0.2) is 36.2 Å². The third-order valence-electron chi connectivity index (χ3n) is 3.22. The summed E-state index contributed by atoms with van der Waals surface area (Å²) in [7, 11) is 1.63. The Morgan fingerprint density at radius 3 is 2.39 bits per heavy atom. The lowest BCUT2D eigenvalue weighted by atomic mass is 9.85. The van der Waals surface area contributed by atoms with Gasteiger partial charge in [0.25, 0.3) is 0 Å². The van der Waals surface area contributed by atoms with Gasteiger partial charge in [0.2, 0.25) is 5.91 Å². The van der Waals surface area contributed by atoms with E-state index in [4.69, 9.17) is 9.84 Å². The summed E-state index contributed by atoms with van der Waals surface area (Å²) in [4.78, 5) is 22.6. The number of aliphatic carboxylic acids is 1. The Kier molecular flexibility index (Phi) is 7.59. The highest BCUT2D eigenvalue weighted by Gasteiger charge is 2.32. The molecule has 2 N–H and O–H groups in total. The average molecular weight is 259 g/mol. The number of nitrogens with one attached hydrogen (secondary N) is 1. The van der Waals surface area contributed by atoms with Gasteiger partial charge in [-0.05, 0) is 25.7 Å². The van der Waals surface area contributed by atoms with Crippen LogP contribution in [-0.2, 0) is 14.3 Å². The number of carboxylic acid groups (broad SMARTS) is 1. The zero-order chi connectivity index (χ0) is 14.2. The van der Waals surface area contributed by atoms with Crippen molar-refractivity contribution in [2.75, 3.05) is 13.7 Å². The van der Waals surface area contributed by atoms with E-state index in [1.807, 2.05) is 13.8 Å². The minimum atomic E-state index is -0.897. The SMILES string of the molecule is COCCCCC(=O)NC(C)(CC(=O)O)C(C)C. The summed E-state index contributed by atoms with van der Waals surface area (Å²) in [5.74, 6) is -0.925. The van der Waals surface area contributed by atoms with Crippen LogP contribution in [0.15, 0.2) is 0 Å². The number of rotatable bonds is 9. The second kappa shape index (κ2) is 8.08. The van der Waals surface area contributed by atoms with Crippen LogP contribution in [0.3, 0.4) is 0 Å². The first kappa shape index (κ1) is 16.9. The van der Waals surface area contributed by atoms with E-state index >= 15 is 0 Å². The van der Waals surface area contributed by atoms with Gasteiger partial charge in [0.1, 0.15) is 0 Å². The van der Waals surface area contributed by atoms with Crippen LogP contribution in [0.1, 0.15) is 46.5 Å². The summed E-state index contributed by atoms with van der Waals surface area (Å²) >= 11 is 0. The first-order valence-electron chi connectivity index (χ1n) is 6.33. The summed E-state index contributed by atoms with van der Waals surface area (Å²) in [6, 6.07) is 0. The second-order valence-corrected chi connectivity index (χ2v) is 5.14. The molecule has 0 bridgehead atoms. The molecule has 0 aromatic carbocycles. The van der Waals surface area contributed by atoms with Gasteiger partial charge < -0.3 is 15.2 Å². The minimum Gasteiger partial charge on any atom is -0.481 e. The Morgan fingerprint density at radius 2 is 1.94 bits per heavy atom. The summed E-state index contributed by atoms with van der Waals surface area (Å²) < 4.78 is 4.91. The fraction of sp³-hybridized carbons (Fsp3) is 0.846. The third kappa shape index (κ3) is 6.59. The molecule has 0 fully saturated rings. The second-order valence-electron chi connectivity index (χ2n) is 5.14. The highest BCUT2D eigenvalue weighted by Crippen LogP contribution is 2.21. The molecular weight excluding hydrogens is 234 g/mol. The van der Waals surface area contributed by atoms with Gasteiger partial charge in [-0.1, -0.05) is 13.8 Å². The average Bonchev–Trinajstić information content (AvgIpc) is 2.23. The summed E-state index contributed by atoms with van der Waals surface area (Å²) in [5.41, 5.74) is -0.690. The van der Waals surface area contributed by atoms with Crippen molar-refractivity contribution < 1.29 is 19.4 Å². The Bertz CT molecular complexity index is 278. The molecular formula is C13H25NO4. The van der Waals surface area contributed by atoms with E-state index in [9.17, 15) is 9.59 Å². The molecule has 0 aromatic rings. The maximum atomic E-state index is 11.8. The molecule has 5 heteroatoms. The quantitative estimate of drug-likeness (QED) is 0.619. The van der Waals surface area contributed by atoms with Crippen molar-refractivity contribution in [3.8, 4) is 0 Å². The molecule has 0 saturated carbocycles. The van der Waals surface area contributed by atoms with Crippen LogP contribution in [0.5, 0.6) is 0 Å². The van der Waals surface area contributed by atoms with Gasteiger partial charge >= 0.3 is 5.97 Å². The Balaban J connectivity index is 4.24. The number of amides is 1. The van der Waals surface area contributed by atoms with E-state index in [2.05, 4.69) is 5.32 Å². The minimum absolute atomic E-state index is 0.0610. The summed E-state index contributed by atoms with van der Waals surface area (Å²) in [5, 5.41) is 11.7.